The molecule has 1 aromatic heterocycles. The molecule has 2 rings (SSSR count). The highest BCUT2D eigenvalue weighted by atomic mass is 15.3. The average Bonchev–Trinajstić information content (AvgIpc) is 2.69. The van der Waals surface area contributed by atoms with Crippen molar-refractivity contribution in [2.24, 2.45) is 5.41 Å². The zero-order valence-electron chi connectivity index (χ0n) is 11.6. The first kappa shape index (κ1) is 12.7. The minimum atomic E-state index is 0.551. The van der Waals surface area contributed by atoms with Gasteiger partial charge in [-0.1, -0.05) is 33.1 Å². The van der Waals surface area contributed by atoms with Crippen LogP contribution in [0, 0.1) is 12.3 Å². The van der Waals surface area contributed by atoms with Crippen LogP contribution < -0.4 is 0 Å². The van der Waals surface area contributed by atoms with Crippen molar-refractivity contribution < 1.29 is 0 Å². The molecule has 0 saturated heterocycles. The Balaban J connectivity index is 2.00. The minimum absolute atomic E-state index is 0.551. The summed E-state index contributed by atoms with van der Waals surface area (Å²) in [7, 11) is 0. The molecule has 96 valence electrons. The SMILES string of the molecule is Cc1cnn(C2CCCCC(C)(C)CCC2)c1. The Hall–Kier alpha value is -0.790. The number of nitrogens with zero attached hydrogens (tertiary/aromatic N) is 2. The number of aromatic nitrogens is 2. The van der Waals surface area contributed by atoms with E-state index in [1.165, 1.54) is 50.5 Å². The fraction of sp³-hybridized carbons (Fsp3) is 0.800. The van der Waals surface area contributed by atoms with Crippen molar-refractivity contribution >= 4 is 0 Å². The predicted molar refractivity (Wildman–Crippen MR) is 72.1 cm³/mol. The van der Waals surface area contributed by atoms with Crippen molar-refractivity contribution in [3.05, 3.63) is 18.0 Å². The highest BCUT2D eigenvalue weighted by Crippen LogP contribution is 2.34. The van der Waals surface area contributed by atoms with Gasteiger partial charge in [-0.05, 0) is 43.6 Å². The minimum Gasteiger partial charge on any atom is -0.269 e. The van der Waals surface area contributed by atoms with Crippen molar-refractivity contribution in [3.8, 4) is 0 Å². The summed E-state index contributed by atoms with van der Waals surface area (Å²) in [6.45, 7) is 6.97. The molecule has 1 unspecified atom stereocenters. The summed E-state index contributed by atoms with van der Waals surface area (Å²) < 4.78 is 2.20. The van der Waals surface area contributed by atoms with E-state index >= 15 is 0 Å². The highest BCUT2D eigenvalue weighted by Gasteiger charge is 2.21. The standard InChI is InChI=1S/C15H26N2/c1-13-11-16-17(12-13)14-7-4-5-9-15(2,3)10-6-8-14/h11-12,14H,4-10H2,1-3H3. The van der Waals surface area contributed by atoms with Crippen LogP contribution in [-0.2, 0) is 0 Å². The summed E-state index contributed by atoms with van der Waals surface area (Å²) in [6, 6.07) is 0.637. The first-order valence-corrected chi connectivity index (χ1v) is 7.08. The molecule has 17 heavy (non-hydrogen) atoms. The van der Waals surface area contributed by atoms with E-state index in [0.717, 1.165) is 0 Å². The van der Waals surface area contributed by atoms with Crippen molar-refractivity contribution in [2.45, 2.75) is 71.8 Å². The lowest BCUT2D eigenvalue weighted by Gasteiger charge is -2.23. The largest absolute Gasteiger partial charge is 0.269 e. The molecule has 1 aromatic rings. The van der Waals surface area contributed by atoms with Crippen LogP contribution in [0.25, 0.3) is 0 Å². The molecule has 1 aliphatic carbocycles. The summed E-state index contributed by atoms with van der Waals surface area (Å²) in [6.07, 6.45) is 13.6. The molecule has 1 aliphatic rings. The number of hydrogen-bond acceptors (Lipinski definition) is 1. The monoisotopic (exact) mass is 234 g/mol. The summed E-state index contributed by atoms with van der Waals surface area (Å²) >= 11 is 0. The van der Waals surface area contributed by atoms with E-state index in [0.29, 0.717) is 11.5 Å². The summed E-state index contributed by atoms with van der Waals surface area (Å²) in [5, 5.41) is 4.50. The normalized spacial score (nSPS) is 25.9. The Kier molecular flexibility index (Phi) is 3.90. The molecule has 2 nitrogen and oxygen atoms in total. The van der Waals surface area contributed by atoms with Gasteiger partial charge in [-0.25, -0.2) is 0 Å². The lowest BCUT2D eigenvalue weighted by molar-refractivity contribution is 0.290. The van der Waals surface area contributed by atoms with Crippen LogP contribution in [0.15, 0.2) is 12.4 Å². The lowest BCUT2D eigenvalue weighted by Crippen LogP contribution is -2.11. The maximum atomic E-state index is 4.50. The van der Waals surface area contributed by atoms with Gasteiger partial charge in [0.2, 0.25) is 0 Å². The second-order valence-electron chi connectivity index (χ2n) is 6.45. The van der Waals surface area contributed by atoms with Crippen LogP contribution >= 0.6 is 0 Å². The Labute approximate surface area is 105 Å². The molecule has 0 spiro atoms. The van der Waals surface area contributed by atoms with Crippen molar-refractivity contribution in [3.63, 3.8) is 0 Å². The maximum absolute atomic E-state index is 4.50. The fourth-order valence-corrected chi connectivity index (χ4v) is 2.97. The Bertz CT molecular complexity index is 352. The number of aryl methyl sites for hydroxylation is 1. The van der Waals surface area contributed by atoms with Gasteiger partial charge in [0.05, 0.1) is 12.2 Å². The van der Waals surface area contributed by atoms with E-state index in [1.807, 2.05) is 6.20 Å². The maximum Gasteiger partial charge on any atom is 0.0519 e. The Morgan fingerprint density at radius 1 is 1.18 bits per heavy atom. The number of rotatable bonds is 1. The van der Waals surface area contributed by atoms with E-state index in [9.17, 15) is 0 Å². The van der Waals surface area contributed by atoms with Gasteiger partial charge in [0.1, 0.15) is 0 Å². The van der Waals surface area contributed by atoms with Crippen molar-refractivity contribution in [1.29, 1.82) is 0 Å². The molecule has 1 saturated carbocycles. The average molecular weight is 234 g/mol. The second-order valence-corrected chi connectivity index (χ2v) is 6.45. The van der Waals surface area contributed by atoms with Crippen LogP contribution in [0.2, 0.25) is 0 Å². The van der Waals surface area contributed by atoms with Gasteiger partial charge >= 0.3 is 0 Å². The highest BCUT2D eigenvalue weighted by molar-refractivity contribution is 5.00. The molecular formula is C15H26N2. The fourth-order valence-electron chi connectivity index (χ4n) is 2.97. The van der Waals surface area contributed by atoms with Crippen LogP contribution in [0.4, 0.5) is 0 Å². The first-order valence-electron chi connectivity index (χ1n) is 7.08. The van der Waals surface area contributed by atoms with E-state index in [-0.39, 0.29) is 0 Å². The first-order chi connectivity index (χ1) is 8.07. The molecule has 0 amide bonds. The van der Waals surface area contributed by atoms with Crippen molar-refractivity contribution in [1.82, 2.24) is 9.78 Å². The van der Waals surface area contributed by atoms with Gasteiger partial charge in [0, 0.05) is 6.20 Å². The molecule has 0 bridgehead atoms. The predicted octanol–water partition coefficient (Wildman–Crippen LogP) is 4.50. The van der Waals surface area contributed by atoms with Crippen LogP contribution in [0.1, 0.15) is 70.4 Å². The van der Waals surface area contributed by atoms with Crippen LogP contribution in [0.5, 0.6) is 0 Å². The number of hydrogen-bond donors (Lipinski definition) is 0. The third-order valence-electron chi connectivity index (χ3n) is 4.14. The van der Waals surface area contributed by atoms with Gasteiger partial charge in [-0.15, -0.1) is 0 Å². The zero-order valence-corrected chi connectivity index (χ0v) is 11.6. The molecule has 0 aliphatic heterocycles. The van der Waals surface area contributed by atoms with Crippen LogP contribution in [-0.4, -0.2) is 9.78 Å². The van der Waals surface area contributed by atoms with E-state index in [2.05, 4.69) is 36.7 Å². The van der Waals surface area contributed by atoms with E-state index in [1.54, 1.807) is 0 Å². The molecule has 1 atom stereocenters. The summed E-state index contributed by atoms with van der Waals surface area (Å²) in [5.41, 5.74) is 1.83. The van der Waals surface area contributed by atoms with Gasteiger partial charge in [-0.3, -0.25) is 4.68 Å². The van der Waals surface area contributed by atoms with E-state index in [4.69, 9.17) is 0 Å². The topological polar surface area (TPSA) is 17.8 Å². The smallest absolute Gasteiger partial charge is 0.0519 e. The lowest BCUT2D eigenvalue weighted by atomic mass is 9.83. The van der Waals surface area contributed by atoms with Gasteiger partial charge < -0.3 is 0 Å². The Morgan fingerprint density at radius 2 is 1.88 bits per heavy atom. The third kappa shape index (κ3) is 3.58. The van der Waals surface area contributed by atoms with Crippen molar-refractivity contribution in [2.75, 3.05) is 0 Å². The van der Waals surface area contributed by atoms with E-state index < -0.39 is 0 Å². The second kappa shape index (κ2) is 5.24. The zero-order chi connectivity index (χ0) is 12.3. The molecule has 0 radical (unpaired) electrons. The Morgan fingerprint density at radius 3 is 2.59 bits per heavy atom. The van der Waals surface area contributed by atoms with Crippen LogP contribution in [0.3, 0.4) is 0 Å². The molecule has 0 aromatic carbocycles. The summed E-state index contributed by atoms with van der Waals surface area (Å²) in [5.74, 6) is 0. The summed E-state index contributed by atoms with van der Waals surface area (Å²) in [4.78, 5) is 0. The molecule has 0 N–H and O–H groups in total. The molecule has 2 heteroatoms. The third-order valence-corrected chi connectivity index (χ3v) is 4.14. The molecule has 1 heterocycles. The van der Waals surface area contributed by atoms with Gasteiger partial charge in [0.15, 0.2) is 0 Å². The quantitative estimate of drug-likeness (QED) is 0.699. The molecule has 1 fully saturated rings. The van der Waals surface area contributed by atoms with Gasteiger partial charge in [0.25, 0.3) is 0 Å². The molecular weight excluding hydrogens is 208 g/mol. The van der Waals surface area contributed by atoms with Gasteiger partial charge in [-0.2, -0.15) is 5.10 Å².